The van der Waals surface area contributed by atoms with Gasteiger partial charge in [-0.05, 0) is 19.1 Å². The molecule has 0 spiro atoms. The van der Waals surface area contributed by atoms with Gasteiger partial charge >= 0.3 is 0 Å². The first-order chi connectivity index (χ1) is 14.0. The van der Waals surface area contributed by atoms with Crippen molar-refractivity contribution < 1.29 is 4.39 Å². The average molecular weight is 391 g/mol. The zero-order chi connectivity index (χ0) is 20.4. The second-order valence-electron chi connectivity index (χ2n) is 6.97. The van der Waals surface area contributed by atoms with E-state index in [0.717, 1.165) is 35.7 Å². The van der Waals surface area contributed by atoms with Crippen LogP contribution in [0.1, 0.15) is 5.82 Å². The van der Waals surface area contributed by atoms with Gasteiger partial charge in [-0.2, -0.15) is 5.10 Å². The van der Waals surface area contributed by atoms with Gasteiger partial charge < -0.3 is 9.47 Å². The molecule has 0 aliphatic rings. The van der Waals surface area contributed by atoms with Crippen molar-refractivity contribution in [3.8, 4) is 22.6 Å². The molecule has 0 N–H and O–H groups in total. The second-order valence-corrected chi connectivity index (χ2v) is 6.97. The highest BCUT2D eigenvalue weighted by Crippen LogP contribution is 2.25. The summed E-state index contributed by atoms with van der Waals surface area (Å²) in [4.78, 5) is 14.4. The fourth-order valence-corrected chi connectivity index (χ4v) is 3.12. The quantitative estimate of drug-likeness (QED) is 0.504. The normalized spacial score (nSPS) is 11.0. The van der Waals surface area contributed by atoms with Crippen LogP contribution in [0, 0.1) is 12.7 Å². The number of nitrogens with zero attached hydrogens (tertiary/aromatic N) is 7. The van der Waals surface area contributed by atoms with Crippen molar-refractivity contribution in [1.82, 2.24) is 29.3 Å². The molecule has 4 rings (SSSR count). The minimum atomic E-state index is -0.443. The van der Waals surface area contributed by atoms with Gasteiger partial charge in [0.2, 0.25) is 0 Å². The molecule has 4 aromatic rings. The molecule has 148 valence electrons. The van der Waals surface area contributed by atoms with Gasteiger partial charge in [-0.25, -0.2) is 19.3 Å². The van der Waals surface area contributed by atoms with E-state index < -0.39 is 5.82 Å². The molecule has 8 heteroatoms. The molecule has 0 bridgehead atoms. The maximum absolute atomic E-state index is 13.9. The highest BCUT2D eigenvalue weighted by Gasteiger charge is 2.12. The van der Waals surface area contributed by atoms with Crippen molar-refractivity contribution in [2.45, 2.75) is 20.0 Å². The van der Waals surface area contributed by atoms with Crippen LogP contribution < -0.4 is 4.90 Å². The SMILES string of the molecule is Cc1nccn1CCn1ccc(-c2cccc(-c3ncc(F)c(N(C)C)n3)c2)n1. The Labute approximate surface area is 168 Å². The molecule has 0 aliphatic heterocycles. The Bertz CT molecular complexity index is 1130. The second kappa shape index (κ2) is 7.83. The fourth-order valence-electron chi connectivity index (χ4n) is 3.12. The standard InChI is InChI=1S/C21H22FN7/c1-15-23-8-10-28(15)11-12-29-9-7-19(26-29)16-5-4-6-17(13-16)20-24-14-18(22)21(25-20)27(2)3/h4-10,13-14H,11-12H2,1-3H3. The summed E-state index contributed by atoms with van der Waals surface area (Å²) < 4.78 is 17.9. The summed E-state index contributed by atoms with van der Waals surface area (Å²) in [5.41, 5.74) is 2.64. The summed E-state index contributed by atoms with van der Waals surface area (Å²) in [6.07, 6.45) is 6.94. The van der Waals surface area contributed by atoms with E-state index in [4.69, 9.17) is 0 Å². The molecule has 0 saturated heterocycles. The topological polar surface area (TPSA) is 64.7 Å². The molecule has 3 heterocycles. The minimum absolute atomic E-state index is 0.263. The first-order valence-corrected chi connectivity index (χ1v) is 9.33. The lowest BCUT2D eigenvalue weighted by molar-refractivity contribution is 0.527. The summed E-state index contributed by atoms with van der Waals surface area (Å²) in [6.45, 7) is 3.55. The van der Waals surface area contributed by atoms with E-state index in [-0.39, 0.29) is 5.82 Å². The van der Waals surface area contributed by atoms with Crippen molar-refractivity contribution in [1.29, 1.82) is 0 Å². The van der Waals surface area contributed by atoms with E-state index in [9.17, 15) is 4.39 Å². The van der Waals surface area contributed by atoms with Gasteiger partial charge in [0.25, 0.3) is 0 Å². The van der Waals surface area contributed by atoms with Gasteiger partial charge in [0.15, 0.2) is 17.5 Å². The zero-order valence-corrected chi connectivity index (χ0v) is 16.6. The van der Waals surface area contributed by atoms with Crippen molar-refractivity contribution in [2.24, 2.45) is 0 Å². The maximum Gasteiger partial charge on any atom is 0.183 e. The van der Waals surface area contributed by atoms with Crippen LogP contribution in [0.2, 0.25) is 0 Å². The third-order valence-corrected chi connectivity index (χ3v) is 4.70. The van der Waals surface area contributed by atoms with Gasteiger partial charge in [0.05, 0.1) is 18.4 Å². The molecule has 0 amide bonds. The smallest absolute Gasteiger partial charge is 0.183 e. The molecule has 1 aromatic carbocycles. The van der Waals surface area contributed by atoms with Crippen molar-refractivity contribution in [2.75, 3.05) is 19.0 Å². The number of hydrogen-bond acceptors (Lipinski definition) is 5. The Balaban J connectivity index is 1.56. The van der Waals surface area contributed by atoms with Crippen molar-refractivity contribution in [3.05, 3.63) is 66.8 Å². The summed E-state index contributed by atoms with van der Waals surface area (Å²) in [7, 11) is 3.51. The Hall–Kier alpha value is -3.55. The Kier molecular flexibility index (Phi) is 5.07. The molecular formula is C21H22FN7. The monoisotopic (exact) mass is 391 g/mol. The number of rotatable bonds is 6. The molecule has 0 saturated carbocycles. The summed E-state index contributed by atoms with van der Waals surface area (Å²) in [5.74, 6) is 1.29. The number of imidazole rings is 1. The molecule has 0 aliphatic carbocycles. The largest absolute Gasteiger partial charge is 0.360 e. The summed E-state index contributed by atoms with van der Waals surface area (Å²) in [5, 5.41) is 4.68. The van der Waals surface area contributed by atoms with E-state index in [1.165, 1.54) is 6.20 Å². The lowest BCUT2D eigenvalue weighted by Gasteiger charge is -2.13. The Morgan fingerprint density at radius 2 is 1.86 bits per heavy atom. The van der Waals surface area contributed by atoms with Gasteiger partial charge in [0.1, 0.15) is 5.82 Å². The summed E-state index contributed by atoms with van der Waals surface area (Å²) in [6, 6.07) is 9.79. The number of aryl methyl sites for hydroxylation is 3. The number of anilines is 1. The number of halogens is 1. The predicted octanol–water partition coefficient (Wildman–Crippen LogP) is 3.42. The molecule has 0 fully saturated rings. The van der Waals surface area contributed by atoms with Crippen LogP contribution in [0.25, 0.3) is 22.6 Å². The Morgan fingerprint density at radius 1 is 1.03 bits per heavy atom. The highest BCUT2D eigenvalue weighted by molar-refractivity contribution is 5.68. The average Bonchev–Trinajstić information content (AvgIpc) is 3.35. The van der Waals surface area contributed by atoms with E-state index in [1.807, 2.05) is 54.3 Å². The molecule has 0 unspecified atom stereocenters. The lowest BCUT2D eigenvalue weighted by Crippen LogP contribution is -2.13. The van der Waals surface area contributed by atoms with Gasteiger partial charge in [0, 0.05) is 50.4 Å². The van der Waals surface area contributed by atoms with E-state index in [0.29, 0.717) is 5.82 Å². The van der Waals surface area contributed by atoms with Crippen LogP contribution in [0.3, 0.4) is 0 Å². The van der Waals surface area contributed by atoms with Gasteiger partial charge in [-0.1, -0.05) is 18.2 Å². The highest BCUT2D eigenvalue weighted by atomic mass is 19.1. The lowest BCUT2D eigenvalue weighted by atomic mass is 10.1. The number of aromatic nitrogens is 6. The molecular weight excluding hydrogens is 369 g/mol. The van der Waals surface area contributed by atoms with E-state index >= 15 is 0 Å². The van der Waals surface area contributed by atoms with Crippen LogP contribution in [0.4, 0.5) is 10.2 Å². The molecule has 0 radical (unpaired) electrons. The third kappa shape index (κ3) is 4.01. The van der Waals surface area contributed by atoms with Crippen LogP contribution in [0.15, 0.2) is 55.1 Å². The van der Waals surface area contributed by atoms with Crippen molar-refractivity contribution >= 4 is 5.82 Å². The maximum atomic E-state index is 13.9. The number of hydrogen-bond donors (Lipinski definition) is 0. The molecule has 3 aromatic heterocycles. The molecule has 29 heavy (non-hydrogen) atoms. The minimum Gasteiger partial charge on any atom is -0.360 e. The van der Waals surface area contributed by atoms with Crippen LogP contribution in [0.5, 0.6) is 0 Å². The first kappa shape index (κ1) is 18.8. The predicted molar refractivity (Wildman–Crippen MR) is 110 cm³/mol. The van der Waals surface area contributed by atoms with Crippen LogP contribution in [-0.4, -0.2) is 43.4 Å². The van der Waals surface area contributed by atoms with Crippen LogP contribution >= 0.6 is 0 Å². The molecule has 0 atom stereocenters. The zero-order valence-electron chi connectivity index (χ0n) is 16.6. The van der Waals surface area contributed by atoms with E-state index in [2.05, 4.69) is 24.6 Å². The van der Waals surface area contributed by atoms with E-state index in [1.54, 1.807) is 25.2 Å². The Morgan fingerprint density at radius 3 is 2.62 bits per heavy atom. The van der Waals surface area contributed by atoms with Crippen LogP contribution in [-0.2, 0) is 13.1 Å². The van der Waals surface area contributed by atoms with Crippen molar-refractivity contribution in [3.63, 3.8) is 0 Å². The van der Waals surface area contributed by atoms with Gasteiger partial charge in [-0.3, -0.25) is 4.68 Å². The first-order valence-electron chi connectivity index (χ1n) is 9.33. The third-order valence-electron chi connectivity index (χ3n) is 4.70. The number of benzene rings is 1. The summed E-state index contributed by atoms with van der Waals surface area (Å²) >= 11 is 0. The molecule has 7 nitrogen and oxygen atoms in total. The fraction of sp³-hybridized carbons (Fsp3) is 0.238. The van der Waals surface area contributed by atoms with Gasteiger partial charge in [-0.15, -0.1) is 0 Å².